The van der Waals surface area contributed by atoms with E-state index in [4.69, 9.17) is 5.73 Å². The number of pyridine rings is 1. The summed E-state index contributed by atoms with van der Waals surface area (Å²) in [5, 5.41) is 4.32. The number of carbonyl (C=O) groups excluding carboxylic acids is 1. The summed E-state index contributed by atoms with van der Waals surface area (Å²) in [7, 11) is 0. The van der Waals surface area contributed by atoms with Gasteiger partial charge in [0.25, 0.3) is 5.91 Å². The Morgan fingerprint density at radius 1 is 1.28 bits per heavy atom. The molecule has 0 fully saturated rings. The van der Waals surface area contributed by atoms with Gasteiger partial charge in [-0.1, -0.05) is 0 Å². The largest absolute Gasteiger partial charge is 0.365 e. The SMILES string of the molecule is NC(=O)c1c(-c2cccnc2)nn2cccnc12. The Labute approximate surface area is 102 Å². The van der Waals surface area contributed by atoms with Crippen LogP contribution >= 0.6 is 0 Å². The van der Waals surface area contributed by atoms with E-state index in [1.54, 1.807) is 36.9 Å². The summed E-state index contributed by atoms with van der Waals surface area (Å²) in [6, 6.07) is 5.33. The van der Waals surface area contributed by atoms with E-state index in [1.807, 2.05) is 6.07 Å². The van der Waals surface area contributed by atoms with Gasteiger partial charge in [0.15, 0.2) is 5.65 Å². The maximum absolute atomic E-state index is 11.6. The van der Waals surface area contributed by atoms with E-state index < -0.39 is 5.91 Å². The van der Waals surface area contributed by atoms with E-state index in [9.17, 15) is 4.79 Å². The van der Waals surface area contributed by atoms with E-state index >= 15 is 0 Å². The van der Waals surface area contributed by atoms with Crippen molar-refractivity contribution >= 4 is 11.6 Å². The quantitative estimate of drug-likeness (QED) is 0.719. The van der Waals surface area contributed by atoms with E-state index in [0.717, 1.165) is 5.56 Å². The lowest BCUT2D eigenvalue weighted by molar-refractivity contribution is 0.100. The molecule has 3 aromatic heterocycles. The lowest BCUT2D eigenvalue weighted by Crippen LogP contribution is -2.12. The number of nitrogens with two attached hydrogens (primary N) is 1. The van der Waals surface area contributed by atoms with Gasteiger partial charge in [-0.3, -0.25) is 9.78 Å². The molecule has 0 aliphatic heterocycles. The minimum Gasteiger partial charge on any atom is -0.365 e. The number of carbonyl (C=O) groups is 1. The predicted octanol–water partition coefficient (Wildman–Crippen LogP) is 0.890. The van der Waals surface area contributed by atoms with Gasteiger partial charge in [0.05, 0.1) is 0 Å². The van der Waals surface area contributed by atoms with E-state index in [2.05, 4.69) is 15.1 Å². The first-order valence-corrected chi connectivity index (χ1v) is 5.31. The highest BCUT2D eigenvalue weighted by Crippen LogP contribution is 2.23. The van der Waals surface area contributed by atoms with Crippen LogP contribution in [0.2, 0.25) is 0 Å². The molecule has 0 atom stereocenters. The number of nitrogens with zero attached hydrogens (tertiary/aromatic N) is 4. The van der Waals surface area contributed by atoms with Gasteiger partial charge in [0.1, 0.15) is 11.3 Å². The molecule has 3 heterocycles. The molecule has 2 N–H and O–H groups in total. The molecule has 18 heavy (non-hydrogen) atoms. The van der Waals surface area contributed by atoms with Crippen LogP contribution in [0.15, 0.2) is 43.0 Å². The molecule has 0 unspecified atom stereocenters. The minimum absolute atomic E-state index is 0.309. The Kier molecular flexibility index (Phi) is 2.26. The fourth-order valence-corrected chi connectivity index (χ4v) is 1.82. The van der Waals surface area contributed by atoms with Crippen molar-refractivity contribution in [1.29, 1.82) is 0 Å². The molecule has 0 saturated carbocycles. The highest BCUT2D eigenvalue weighted by Gasteiger charge is 2.19. The number of hydrogen-bond donors (Lipinski definition) is 1. The fourth-order valence-electron chi connectivity index (χ4n) is 1.82. The summed E-state index contributed by atoms with van der Waals surface area (Å²) in [6.07, 6.45) is 6.60. The van der Waals surface area contributed by atoms with Gasteiger partial charge < -0.3 is 5.73 Å². The summed E-state index contributed by atoms with van der Waals surface area (Å²) in [5.74, 6) is -0.553. The van der Waals surface area contributed by atoms with Crippen molar-refractivity contribution in [1.82, 2.24) is 19.6 Å². The average Bonchev–Trinajstić information content (AvgIpc) is 2.79. The maximum Gasteiger partial charge on any atom is 0.254 e. The first-order chi connectivity index (χ1) is 8.77. The first kappa shape index (κ1) is 10.4. The molecule has 0 aromatic carbocycles. The normalized spacial score (nSPS) is 10.7. The second-order valence-corrected chi connectivity index (χ2v) is 3.72. The van der Waals surface area contributed by atoms with Crippen LogP contribution in [0.5, 0.6) is 0 Å². The van der Waals surface area contributed by atoms with Crippen LogP contribution in [0.25, 0.3) is 16.9 Å². The third kappa shape index (κ3) is 1.51. The van der Waals surface area contributed by atoms with Crippen molar-refractivity contribution in [3.8, 4) is 11.3 Å². The van der Waals surface area contributed by atoms with Crippen LogP contribution < -0.4 is 5.73 Å². The smallest absolute Gasteiger partial charge is 0.254 e. The molecule has 3 aromatic rings. The van der Waals surface area contributed by atoms with Gasteiger partial charge in [0, 0.05) is 30.4 Å². The molecule has 0 radical (unpaired) electrons. The number of amides is 1. The topological polar surface area (TPSA) is 86.2 Å². The monoisotopic (exact) mass is 239 g/mol. The molecule has 3 rings (SSSR count). The summed E-state index contributed by atoms with van der Waals surface area (Å²) in [5.41, 5.74) is 7.39. The summed E-state index contributed by atoms with van der Waals surface area (Å²) in [6.45, 7) is 0. The first-order valence-electron chi connectivity index (χ1n) is 5.31. The van der Waals surface area contributed by atoms with Crippen molar-refractivity contribution in [3.63, 3.8) is 0 Å². The minimum atomic E-state index is -0.553. The molecule has 0 aliphatic carbocycles. The molecule has 0 aliphatic rings. The Hall–Kier alpha value is -2.76. The maximum atomic E-state index is 11.6. The summed E-state index contributed by atoms with van der Waals surface area (Å²) in [4.78, 5) is 19.7. The zero-order chi connectivity index (χ0) is 12.5. The van der Waals surface area contributed by atoms with Crippen molar-refractivity contribution in [2.45, 2.75) is 0 Å². The Morgan fingerprint density at radius 2 is 2.17 bits per heavy atom. The van der Waals surface area contributed by atoms with Crippen LogP contribution in [-0.2, 0) is 0 Å². The van der Waals surface area contributed by atoms with Crippen LogP contribution in [0, 0.1) is 0 Å². The summed E-state index contributed by atoms with van der Waals surface area (Å²) >= 11 is 0. The number of rotatable bonds is 2. The highest BCUT2D eigenvalue weighted by atomic mass is 16.1. The lowest BCUT2D eigenvalue weighted by Gasteiger charge is -1.97. The molecule has 6 heteroatoms. The van der Waals surface area contributed by atoms with Gasteiger partial charge >= 0.3 is 0 Å². The third-order valence-electron chi connectivity index (χ3n) is 2.58. The zero-order valence-electron chi connectivity index (χ0n) is 9.32. The lowest BCUT2D eigenvalue weighted by atomic mass is 10.1. The Bertz CT molecular complexity index is 720. The molecule has 6 nitrogen and oxygen atoms in total. The van der Waals surface area contributed by atoms with Crippen molar-refractivity contribution in [2.24, 2.45) is 5.73 Å². The number of primary amides is 1. The van der Waals surface area contributed by atoms with Crippen LogP contribution in [0.1, 0.15) is 10.4 Å². The van der Waals surface area contributed by atoms with Gasteiger partial charge in [0.2, 0.25) is 0 Å². The molecule has 0 saturated heterocycles. The third-order valence-corrected chi connectivity index (χ3v) is 2.58. The van der Waals surface area contributed by atoms with Gasteiger partial charge in [-0.05, 0) is 18.2 Å². The number of fused-ring (bicyclic) bond motifs is 1. The molecule has 0 bridgehead atoms. The highest BCUT2D eigenvalue weighted by molar-refractivity contribution is 6.04. The Morgan fingerprint density at radius 3 is 2.89 bits per heavy atom. The standard InChI is InChI=1S/C12H9N5O/c13-11(18)9-10(8-3-1-4-14-7-8)16-17-6-2-5-15-12(9)17/h1-7H,(H2,13,18). The number of aromatic nitrogens is 4. The van der Waals surface area contributed by atoms with E-state index in [-0.39, 0.29) is 0 Å². The van der Waals surface area contributed by atoms with Crippen LogP contribution in [0.3, 0.4) is 0 Å². The molecule has 1 amide bonds. The predicted molar refractivity (Wildman–Crippen MR) is 64.7 cm³/mol. The average molecular weight is 239 g/mol. The Balaban J connectivity index is 2.36. The summed E-state index contributed by atoms with van der Waals surface area (Å²) < 4.78 is 1.53. The molecule has 88 valence electrons. The van der Waals surface area contributed by atoms with Gasteiger partial charge in [-0.15, -0.1) is 0 Å². The molecule has 0 spiro atoms. The van der Waals surface area contributed by atoms with Crippen molar-refractivity contribution < 1.29 is 4.79 Å². The zero-order valence-corrected chi connectivity index (χ0v) is 9.32. The van der Waals surface area contributed by atoms with Crippen LogP contribution in [-0.4, -0.2) is 25.5 Å². The molecular formula is C12H9N5O. The fraction of sp³-hybridized carbons (Fsp3) is 0. The molecular weight excluding hydrogens is 230 g/mol. The number of hydrogen-bond acceptors (Lipinski definition) is 4. The van der Waals surface area contributed by atoms with E-state index in [1.165, 1.54) is 4.52 Å². The second kappa shape index (κ2) is 3.92. The van der Waals surface area contributed by atoms with Crippen molar-refractivity contribution in [3.05, 3.63) is 48.5 Å². The van der Waals surface area contributed by atoms with E-state index in [0.29, 0.717) is 16.9 Å². The van der Waals surface area contributed by atoms with Crippen LogP contribution in [0.4, 0.5) is 0 Å². The van der Waals surface area contributed by atoms with Gasteiger partial charge in [-0.2, -0.15) is 5.10 Å². The van der Waals surface area contributed by atoms with Crippen molar-refractivity contribution in [2.75, 3.05) is 0 Å². The van der Waals surface area contributed by atoms with Gasteiger partial charge in [-0.25, -0.2) is 9.50 Å². The second-order valence-electron chi connectivity index (χ2n) is 3.72.